The van der Waals surface area contributed by atoms with E-state index in [9.17, 15) is 4.39 Å². The molecular weight excluding hydrogens is 257 g/mol. The van der Waals surface area contributed by atoms with Crippen LogP contribution in [-0.4, -0.2) is 10.1 Å². The van der Waals surface area contributed by atoms with Crippen LogP contribution in [0.3, 0.4) is 0 Å². The second kappa shape index (κ2) is 5.04. The number of rotatable bonds is 3. The quantitative estimate of drug-likeness (QED) is 0.930. The van der Waals surface area contributed by atoms with E-state index in [-0.39, 0.29) is 17.5 Å². The Morgan fingerprint density at radius 3 is 2.72 bits per heavy atom. The van der Waals surface area contributed by atoms with E-state index in [2.05, 4.69) is 10.1 Å². The van der Waals surface area contributed by atoms with Gasteiger partial charge in [-0.25, -0.2) is 4.39 Å². The molecule has 0 aliphatic heterocycles. The van der Waals surface area contributed by atoms with Gasteiger partial charge >= 0.3 is 0 Å². The van der Waals surface area contributed by atoms with Gasteiger partial charge in [0.05, 0.1) is 11.6 Å². The molecule has 1 aromatic carbocycles. The molecule has 0 fully saturated rings. The van der Waals surface area contributed by atoms with Crippen molar-refractivity contribution < 1.29 is 8.91 Å². The van der Waals surface area contributed by atoms with E-state index in [4.69, 9.17) is 21.9 Å². The fourth-order valence-electron chi connectivity index (χ4n) is 1.61. The molecular formula is C12H13ClFN3O. The van der Waals surface area contributed by atoms with Crippen LogP contribution in [0.25, 0.3) is 11.4 Å². The number of aromatic nitrogens is 2. The van der Waals surface area contributed by atoms with Crippen LogP contribution < -0.4 is 5.73 Å². The largest absolute Gasteiger partial charge is 0.338 e. The lowest BCUT2D eigenvalue weighted by atomic mass is 10.00. The first kappa shape index (κ1) is 13.0. The number of benzene rings is 1. The minimum Gasteiger partial charge on any atom is -0.338 e. The normalized spacial score (nSPS) is 11.2. The predicted octanol–water partition coefficient (Wildman–Crippen LogP) is 3.11. The van der Waals surface area contributed by atoms with E-state index >= 15 is 0 Å². The highest BCUT2D eigenvalue weighted by atomic mass is 35.5. The first-order valence-electron chi connectivity index (χ1n) is 5.55. The number of nitrogens with two attached hydrogens (primary N) is 1. The average Bonchev–Trinajstić information content (AvgIpc) is 2.80. The summed E-state index contributed by atoms with van der Waals surface area (Å²) >= 11 is 5.87. The molecule has 2 N–H and O–H groups in total. The molecule has 0 amide bonds. The highest BCUT2D eigenvalue weighted by molar-refractivity contribution is 6.31. The molecule has 0 unspecified atom stereocenters. The highest BCUT2D eigenvalue weighted by Crippen LogP contribution is 2.30. The van der Waals surface area contributed by atoms with Gasteiger partial charge < -0.3 is 10.3 Å². The molecule has 2 rings (SSSR count). The maximum Gasteiger partial charge on any atom is 0.240 e. The van der Waals surface area contributed by atoms with Gasteiger partial charge in [-0.1, -0.05) is 30.6 Å². The van der Waals surface area contributed by atoms with Crippen LogP contribution in [-0.2, 0) is 6.54 Å². The van der Waals surface area contributed by atoms with Gasteiger partial charge in [0, 0.05) is 5.56 Å². The van der Waals surface area contributed by atoms with Crippen LogP contribution in [0, 0.1) is 5.82 Å². The topological polar surface area (TPSA) is 64.9 Å². The summed E-state index contributed by atoms with van der Waals surface area (Å²) in [5, 5.41) is 3.83. The molecule has 4 nitrogen and oxygen atoms in total. The Bertz CT molecular complexity index is 568. The fourth-order valence-corrected chi connectivity index (χ4v) is 1.84. The van der Waals surface area contributed by atoms with Crippen molar-refractivity contribution >= 4 is 11.6 Å². The third-order valence-corrected chi connectivity index (χ3v) is 2.85. The Morgan fingerprint density at radius 2 is 2.17 bits per heavy atom. The van der Waals surface area contributed by atoms with Crippen LogP contribution in [0.2, 0.25) is 5.02 Å². The molecule has 0 saturated heterocycles. The summed E-state index contributed by atoms with van der Waals surface area (Å²) in [6.45, 7) is 3.94. The lowest BCUT2D eigenvalue weighted by Gasteiger charge is -2.09. The Hall–Kier alpha value is -1.46. The third-order valence-electron chi connectivity index (χ3n) is 2.58. The Kier molecular flexibility index (Phi) is 3.63. The summed E-state index contributed by atoms with van der Waals surface area (Å²) in [6, 6.07) is 3.16. The summed E-state index contributed by atoms with van der Waals surface area (Å²) in [5.41, 5.74) is 6.53. The zero-order valence-electron chi connectivity index (χ0n) is 10.1. The number of halogens is 2. The van der Waals surface area contributed by atoms with Crippen molar-refractivity contribution in [2.45, 2.75) is 26.3 Å². The Morgan fingerprint density at radius 1 is 1.44 bits per heavy atom. The van der Waals surface area contributed by atoms with E-state index in [0.29, 0.717) is 22.8 Å². The van der Waals surface area contributed by atoms with Crippen molar-refractivity contribution in [3.63, 3.8) is 0 Å². The van der Waals surface area contributed by atoms with E-state index in [1.54, 1.807) is 6.07 Å². The fraction of sp³-hybridized carbons (Fsp3) is 0.333. The molecule has 0 saturated carbocycles. The van der Waals surface area contributed by atoms with Crippen molar-refractivity contribution in [2.24, 2.45) is 5.73 Å². The van der Waals surface area contributed by atoms with E-state index in [1.165, 1.54) is 6.07 Å². The molecule has 96 valence electrons. The predicted molar refractivity (Wildman–Crippen MR) is 66.7 cm³/mol. The van der Waals surface area contributed by atoms with Crippen LogP contribution in [0.1, 0.15) is 31.2 Å². The lowest BCUT2D eigenvalue weighted by Crippen LogP contribution is -1.97. The molecule has 1 heterocycles. The zero-order chi connectivity index (χ0) is 13.3. The standard InChI is InChI=1S/C12H13ClFN3O/c1-6(2)8-3-7(4-9(13)11(8)14)12-16-10(5-15)18-17-12/h3-4,6H,5,15H2,1-2H3. The van der Waals surface area contributed by atoms with Crippen molar-refractivity contribution in [1.82, 2.24) is 10.1 Å². The second-order valence-corrected chi connectivity index (χ2v) is 4.64. The van der Waals surface area contributed by atoms with Gasteiger partial charge in [-0.05, 0) is 23.6 Å². The van der Waals surface area contributed by atoms with Crippen LogP contribution >= 0.6 is 11.6 Å². The number of hydrogen-bond acceptors (Lipinski definition) is 4. The number of hydrogen-bond donors (Lipinski definition) is 1. The molecule has 1 aromatic heterocycles. The second-order valence-electron chi connectivity index (χ2n) is 4.23. The Labute approximate surface area is 109 Å². The molecule has 0 atom stereocenters. The van der Waals surface area contributed by atoms with Gasteiger partial charge in [0.25, 0.3) is 0 Å². The molecule has 6 heteroatoms. The van der Waals surface area contributed by atoms with E-state index in [1.807, 2.05) is 13.8 Å². The highest BCUT2D eigenvalue weighted by Gasteiger charge is 2.16. The van der Waals surface area contributed by atoms with Crippen molar-refractivity contribution in [3.8, 4) is 11.4 Å². The summed E-state index contributed by atoms with van der Waals surface area (Å²) in [5.74, 6) is 0.303. The van der Waals surface area contributed by atoms with Gasteiger partial charge in [-0.15, -0.1) is 0 Å². The van der Waals surface area contributed by atoms with E-state index < -0.39 is 5.82 Å². The molecule has 0 spiro atoms. The summed E-state index contributed by atoms with van der Waals surface area (Å²) in [7, 11) is 0. The number of nitrogens with zero attached hydrogens (tertiary/aromatic N) is 2. The first-order chi connectivity index (χ1) is 8.52. The van der Waals surface area contributed by atoms with Gasteiger partial charge in [0.1, 0.15) is 5.82 Å². The molecule has 0 aliphatic carbocycles. The first-order valence-corrected chi connectivity index (χ1v) is 5.92. The van der Waals surface area contributed by atoms with Gasteiger partial charge in [0.2, 0.25) is 11.7 Å². The third kappa shape index (κ3) is 2.37. The van der Waals surface area contributed by atoms with Gasteiger partial charge in [0.15, 0.2) is 0 Å². The van der Waals surface area contributed by atoms with E-state index in [0.717, 1.165) is 0 Å². The monoisotopic (exact) mass is 269 g/mol. The Balaban J connectivity index is 2.51. The van der Waals surface area contributed by atoms with Crippen LogP contribution in [0.5, 0.6) is 0 Å². The average molecular weight is 270 g/mol. The van der Waals surface area contributed by atoms with Crippen molar-refractivity contribution in [1.29, 1.82) is 0 Å². The minimum absolute atomic E-state index is 0.0170. The molecule has 0 radical (unpaired) electrons. The molecule has 0 aliphatic rings. The maximum absolute atomic E-state index is 13.8. The molecule has 0 bridgehead atoms. The minimum atomic E-state index is -0.405. The van der Waals surface area contributed by atoms with Crippen molar-refractivity contribution in [3.05, 3.63) is 34.4 Å². The maximum atomic E-state index is 13.8. The lowest BCUT2D eigenvalue weighted by molar-refractivity contribution is 0.380. The van der Waals surface area contributed by atoms with Gasteiger partial charge in [-0.3, -0.25) is 0 Å². The van der Waals surface area contributed by atoms with Crippen molar-refractivity contribution in [2.75, 3.05) is 0 Å². The molecule has 18 heavy (non-hydrogen) atoms. The van der Waals surface area contributed by atoms with Crippen LogP contribution in [0.15, 0.2) is 16.7 Å². The molecule has 2 aromatic rings. The summed E-state index contributed by atoms with van der Waals surface area (Å²) < 4.78 is 18.7. The zero-order valence-corrected chi connectivity index (χ0v) is 10.8. The van der Waals surface area contributed by atoms with Crippen LogP contribution in [0.4, 0.5) is 4.39 Å². The van der Waals surface area contributed by atoms with Gasteiger partial charge in [-0.2, -0.15) is 4.98 Å². The summed E-state index contributed by atoms with van der Waals surface area (Å²) in [4.78, 5) is 4.09. The smallest absolute Gasteiger partial charge is 0.240 e. The summed E-state index contributed by atoms with van der Waals surface area (Å²) in [6.07, 6.45) is 0. The SMILES string of the molecule is CC(C)c1cc(-c2noc(CN)n2)cc(Cl)c1F.